The van der Waals surface area contributed by atoms with Gasteiger partial charge in [0.1, 0.15) is 23.0 Å². The van der Waals surface area contributed by atoms with Crippen molar-refractivity contribution in [2.45, 2.75) is 44.1 Å². The number of Topliss-reactive ketones (excluding diaryl/α,β-unsaturated/α-hetero) is 1. The van der Waals surface area contributed by atoms with Crippen molar-refractivity contribution in [2.75, 3.05) is 7.05 Å². The molecule has 8 nitrogen and oxygen atoms in total. The zero-order valence-corrected chi connectivity index (χ0v) is 20.3. The number of guanidine groups is 1. The number of alkyl halides is 3. The summed E-state index contributed by atoms with van der Waals surface area (Å²) in [5.74, 6) is -3.21. The summed E-state index contributed by atoms with van der Waals surface area (Å²) in [5.41, 5.74) is 6.21. The number of likely N-dealkylation sites (N-methyl/N-ethyl adjacent to an activating group) is 1. The first kappa shape index (κ1) is 25.4. The van der Waals surface area contributed by atoms with Crippen LogP contribution in [0.25, 0.3) is 0 Å². The maximum atomic E-state index is 14.5. The second kappa shape index (κ2) is 9.58. The number of nitrogens with zero attached hydrogens (tertiary/aromatic N) is 4. The van der Waals surface area contributed by atoms with Crippen LogP contribution >= 0.6 is 0 Å². The van der Waals surface area contributed by atoms with E-state index in [-0.39, 0.29) is 35.6 Å². The standard InChI is InChI=1S/C26H24F4N6O2/c1-35-24(38)20(22(31)33-15-6-3-2-4-7-15)23(36-19-9-5-8-18(19)34-25(35)36)32-13-14-10-11-16(17(27)12-14)21(37)26(28,29)30/h2-4,6-7,10-12,18-19,32H,5,8-9,13H2,1H3,(H2,31,33). The quantitative estimate of drug-likeness (QED) is 0.258. The molecule has 198 valence electrons. The fourth-order valence-corrected chi connectivity index (χ4v) is 5.02. The summed E-state index contributed by atoms with van der Waals surface area (Å²) in [5, 5.41) is 3.14. The Bertz CT molecular complexity index is 1390. The number of rotatable bonds is 6. The number of ketones is 1. The van der Waals surface area contributed by atoms with Crippen LogP contribution in [0.3, 0.4) is 0 Å². The highest BCUT2D eigenvalue weighted by molar-refractivity contribution is 6.26. The monoisotopic (exact) mass is 528 g/mol. The molecule has 2 atom stereocenters. The molecule has 0 bridgehead atoms. The van der Waals surface area contributed by atoms with Gasteiger partial charge < -0.3 is 11.1 Å². The Morgan fingerprint density at radius 2 is 1.92 bits per heavy atom. The largest absolute Gasteiger partial charge is 0.454 e. The van der Waals surface area contributed by atoms with Crippen LogP contribution in [0, 0.1) is 5.82 Å². The molecule has 0 radical (unpaired) electrons. The molecule has 2 aliphatic heterocycles. The normalized spacial score (nSPS) is 21.4. The van der Waals surface area contributed by atoms with Gasteiger partial charge in [0.2, 0.25) is 5.96 Å². The third-order valence-electron chi connectivity index (χ3n) is 6.83. The number of carbonyl (C=O) groups excluding carboxylic acids is 2. The summed E-state index contributed by atoms with van der Waals surface area (Å²) in [6.45, 7) is -0.0625. The van der Waals surface area contributed by atoms with Gasteiger partial charge in [-0.25, -0.2) is 14.4 Å². The first-order valence-electron chi connectivity index (χ1n) is 12.0. The molecule has 0 aromatic heterocycles. The molecule has 3 aliphatic rings. The number of hydrogen-bond acceptors (Lipinski definition) is 6. The third kappa shape index (κ3) is 4.50. The van der Waals surface area contributed by atoms with Gasteiger partial charge in [0.15, 0.2) is 0 Å². The van der Waals surface area contributed by atoms with Crippen LogP contribution in [0.1, 0.15) is 35.2 Å². The molecule has 12 heteroatoms. The highest BCUT2D eigenvalue weighted by atomic mass is 19.4. The van der Waals surface area contributed by atoms with Crippen LogP contribution in [0.4, 0.5) is 23.2 Å². The van der Waals surface area contributed by atoms with E-state index >= 15 is 0 Å². The minimum Gasteiger partial charge on any atom is -0.383 e. The summed E-state index contributed by atoms with van der Waals surface area (Å²) in [6, 6.07) is 11.7. The number of para-hydroxylation sites is 1. The van der Waals surface area contributed by atoms with E-state index in [0.717, 1.165) is 31.4 Å². The SMILES string of the molecule is CN1C(=O)C(C(N)=Nc2ccccc2)=C(NCc2ccc(C(=O)C(F)(F)F)c(F)c2)N2C1=NC1CCCC12. The molecule has 3 N–H and O–H groups in total. The van der Waals surface area contributed by atoms with Gasteiger partial charge in [-0.2, -0.15) is 13.2 Å². The second-order valence-corrected chi connectivity index (χ2v) is 9.28. The van der Waals surface area contributed by atoms with E-state index in [4.69, 9.17) is 10.7 Å². The highest BCUT2D eigenvalue weighted by Gasteiger charge is 2.48. The Balaban J connectivity index is 1.52. The fraction of sp³-hybridized carbons (Fsp3) is 0.308. The number of halogens is 4. The Morgan fingerprint density at radius 1 is 1.18 bits per heavy atom. The van der Waals surface area contributed by atoms with Crippen molar-refractivity contribution in [1.29, 1.82) is 0 Å². The second-order valence-electron chi connectivity index (χ2n) is 9.28. The van der Waals surface area contributed by atoms with Crippen LogP contribution in [0.15, 0.2) is 69.9 Å². The summed E-state index contributed by atoms with van der Waals surface area (Å²) in [7, 11) is 1.60. The Hall–Kier alpha value is -4.22. The minimum absolute atomic E-state index is 0.00574. The number of amides is 1. The molecule has 38 heavy (non-hydrogen) atoms. The maximum absolute atomic E-state index is 14.5. The van der Waals surface area contributed by atoms with Crippen LogP contribution in [0.5, 0.6) is 0 Å². The average Bonchev–Trinajstić information content (AvgIpc) is 3.47. The molecule has 1 amide bonds. The molecule has 2 aromatic rings. The molecule has 1 fully saturated rings. The summed E-state index contributed by atoms with van der Waals surface area (Å²) < 4.78 is 52.8. The number of fused-ring (bicyclic) bond motifs is 3. The topological polar surface area (TPSA) is 103 Å². The zero-order valence-electron chi connectivity index (χ0n) is 20.3. The van der Waals surface area contributed by atoms with E-state index in [9.17, 15) is 27.2 Å². The van der Waals surface area contributed by atoms with Crippen molar-refractivity contribution in [2.24, 2.45) is 15.7 Å². The van der Waals surface area contributed by atoms with E-state index in [2.05, 4.69) is 10.3 Å². The highest BCUT2D eigenvalue weighted by Crippen LogP contribution is 2.38. The molecule has 2 heterocycles. The molecule has 0 spiro atoms. The van der Waals surface area contributed by atoms with Crippen LogP contribution < -0.4 is 11.1 Å². The van der Waals surface area contributed by atoms with E-state index < -0.39 is 29.2 Å². The lowest BCUT2D eigenvalue weighted by Gasteiger charge is -2.38. The number of nitrogens with one attached hydrogen (secondary N) is 1. The number of aliphatic imine (C=N–C) groups is 2. The first-order valence-corrected chi connectivity index (χ1v) is 12.0. The Morgan fingerprint density at radius 3 is 2.61 bits per heavy atom. The summed E-state index contributed by atoms with van der Waals surface area (Å²) in [4.78, 5) is 37.4. The zero-order chi connectivity index (χ0) is 27.2. The molecule has 5 rings (SSSR count). The van der Waals surface area contributed by atoms with Crippen molar-refractivity contribution < 1.29 is 27.2 Å². The van der Waals surface area contributed by atoms with Gasteiger partial charge in [0.05, 0.1) is 23.3 Å². The van der Waals surface area contributed by atoms with Crippen LogP contribution in [-0.2, 0) is 11.3 Å². The summed E-state index contributed by atoms with van der Waals surface area (Å²) in [6.07, 6.45) is -2.54. The predicted octanol–water partition coefficient (Wildman–Crippen LogP) is 3.63. The molecule has 2 aromatic carbocycles. The lowest BCUT2D eigenvalue weighted by molar-refractivity contribution is -0.123. The lowest BCUT2D eigenvalue weighted by atomic mass is 10.1. The van der Waals surface area contributed by atoms with Crippen LogP contribution in [-0.4, -0.2) is 58.6 Å². The maximum Gasteiger partial charge on any atom is 0.454 e. The van der Waals surface area contributed by atoms with Crippen molar-refractivity contribution in [1.82, 2.24) is 15.1 Å². The van der Waals surface area contributed by atoms with Gasteiger partial charge in [-0.3, -0.25) is 19.4 Å². The smallest absolute Gasteiger partial charge is 0.383 e. The van der Waals surface area contributed by atoms with Crippen molar-refractivity contribution in [3.63, 3.8) is 0 Å². The Labute approximate surface area is 215 Å². The number of hydrogen-bond donors (Lipinski definition) is 2. The van der Waals surface area contributed by atoms with E-state index in [1.807, 2.05) is 11.0 Å². The molecular formula is C26H24F4N6O2. The Kier molecular flexibility index (Phi) is 6.41. The van der Waals surface area contributed by atoms with Gasteiger partial charge in [-0.1, -0.05) is 24.3 Å². The minimum atomic E-state index is -5.19. The van der Waals surface area contributed by atoms with Gasteiger partial charge in [-0.15, -0.1) is 0 Å². The van der Waals surface area contributed by atoms with Gasteiger partial charge in [0, 0.05) is 13.6 Å². The van der Waals surface area contributed by atoms with E-state index in [1.54, 1.807) is 31.3 Å². The molecule has 2 unspecified atom stereocenters. The predicted molar refractivity (Wildman–Crippen MR) is 132 cm³/mol. The fourth-order valence-electron chi connectivity index (χ4n) is 5.02. The van der Waals surface area contributed by atoms with Crippen molar-refractivity contribution in [3.8, 4) is 0 Å². The van der Waals surface area contributed by atoms with E-state index in [0.29, 0.717) is 17.5 Å². The van der Waals surface area contributed by atoms with Crippen molar-refractivity contribution in [3.05, 3.63) is 76.9 Å². The molecule has 1 aliphatic carbocycles. The number of benzene rings is 2. The van der Waals surface area contributed by atoms with E-state index in [1.165, 1.54) is 11.0 Å². The number of nitrogens with two attached hydrogens (primary N) is 1. The molecular weight excluding hydrogens is 504 g/mol. The average molecular weight is 529 g/mol. The van der Waals surface area contributed by atoms with Crippen molar-refractivity contribution >= 4 is 29.2 Å². The van der Waals surface area contributed by atoms with Gasteiger partial charge in [0.25, 0.3) is 11.7 Å². The summed E-state index contributed by atoms with van der Waals surface area (Å²) >= 11 is 0. The molecule has 0 saturated heterocycles. The van der Waals surface area contributed by atoms with Gasteiger partial charge >= 0.3 is 6.18 Å². The number of carbonyl (C=O) groups is 2. The number of amidine groups is 1. The van der Waals surface area contributed by atoms with Crippen LogP contribution in [0.2, 0.25) is 0 Å². The first-order chi connectivity index (χ1) is 18.1. The lowest BCUT2D eigenvalue weighted by Crippen LogP contribution is -2.55. The molecule has 1 saturated carbocycles. The third-order valence-corrected chi connectivity index (χ3v) is 6.83. The van der Waals surface area contributed by atoms with Gasteiger partial charge in [-0.05, 0) is 49.1 Å².